The normalized spacial score (nSPS) is 19.3. The van der Waals surface area contributed by atoms with E-state index in [0.717, 1.165) is 9.13 Å². The van der Waals surface area contributed by atoms with Gasteiger partial charge in [0.15, 0.2) is 11.5 Å². The van der Waals surface area contributed by atoms with Crippen LogP contribution >= 0.6 is 22.6 Å². The monoisotopic (exact) mass is 362 g/mol. The number of rotatable bonds is 3. The van der Waals surface area contributed by atoms with Gasteiger partial charge in [-0.3, -0.25) is 10.1 Å². The summed E-state index contributed by atoms with van der Waals surface area (Å²) in [6.45, 7) is 0.682. The number of benzene rings is 1. The van der Waals surface area contributed by atoms with Gasteiger partial charge in [0.1, 0.15) is 6.17 Å². The molecule has 1 amide bonds. The predicted molar refractivity (Wildman–Crippen MR) is 75.8 cm³/mol. The van der Waals surface area contributed by atoms with Crippen molar-refractivity contribution < 1.29 is 14.3 Å². The van der Waals surface area contributed by atoms with Crippen molar-refractivity contribution in [1.82, 2.24) is 10.6 Å². The third-order valence-corrected chi connectivity index (χ3v) is 3.60. The van der Waals surface area contributed by atoms with Gasteiger partial charge in [0.05, 0.1) is 17.8 Å². The van der Waals surface area contributed by atoms with Crippen molar-refractivity contribution in [3.05, 3.63) is 21.3 Å². The maximum atomic E-state index is 11.4. The summed E-state index contributed by atoms with van der Waals surface area (Å²) in [6.07, 6.45) is 0.348. The van der Waals surface area contributed by atoms with Crippen molar-refractivity contribution in [2.75, 3.05) is 20.8 Å². The van der Waals surface area contributed by atoms with Crippen LogP contribution in [0.4, 0.5) is 0 Å². The SMILES string of the molecule is COc1cc([C@H]2NCCC(=O)N2)cc(I)c1OC. The summed E-state index contributed by atoms with van der Waals surface area (Å²) in [4.78, 5) is 11.4. The fraction of sp³-hybridized carbons (Fsp3) is 0.417. The van der Waals surface area contributed by atoms with Crippen molar-refractivity contribution in [3.63, 3.8) is 0 Å². The Balaban J connectivity index is 2.33. The van der Waals surface area contributed by atoms with Gasteiger partial charge in [0, 0.05) is 13.0 Å². The zero-order valence-electron chi connectivity index (χ0n) is 10.2. The Hall–Kier alpha value is -1.02. The van der Waals surface area contributed by atoms with Crippen LogP contribution in [0.2, 0.25) is 0 Å². The largest absolute Gasteiger partial charge is 0.493 e. The first-order chi connectivity index (χ1) is 8.65. The van der Waals surface area contributed by atoms with E-state index in [-0.39, 0.29) is 12.1 Å². The lowest BCUT2D eigenvalue weighted by molar-refractivity contribution is -0.123. The van der Waals surface area contributed by atoms with Gasteiger partial charge in [-0.25, -0.2) is 0 Å². The molecule has 0 aliphatic carbocycles. The van der Waals surface area contributed by atoms with Crippen molar-refractivity contribution >= 4 is 28.5 Å². The molecule has 0 unspecified atom stereocenters. The highest BCUT2D eigenvalue weighted by atomic mass is 127. The highest BCUT2D eigenvalue weighted by Gasteiger charge is 2.21. The van der Waals surface area contributed by atoms with Gasteiger partial charge < -0.3 is 14.8 Å². The topological polar surface area (TPSA) is 59.6 Å². The number of methoxy groups -OCH3 is 2. The van der Waals surface area contributed by atoms with Gasteiger partial charge in [0.25, 0.3) is 0 Å². The maximum absolute atomic E-state index is 11.4. The van der Waals surface area contributed by atoms with Gasteiger partial charge in [-0.15, -0.1) is 0 Å². The lowest BCUT2D eigenvalue weighted by atomic mass is 10.1. The minimum absolute atomic E-state index is 0.0588. The summed E-state index contributed by atoms with van der Waals surface area (Å²) < 4.78 is 11.5. The van der Waals surface area contributed by atoms with Crippen LogP contribution in [0, 0.1) is 3.57 Å². The van der Waals surface area contributed by atoms with Crippen LogP contribution in [0.5, 0.6) is 11.5 Å². The molecule has 1 aromatic rings. The van der Waals surface area contributed by atoms with E-state index in [1.54, 1.807) is 14.2 Å². The van der Waals surface area contributed by atoms with Crippen LogP contribution in [0.25, 0.3) is 0 Å². The van der Waals surface area contributed by atoms with E-state index in [0.29, 0.717) is 24.5 Å². The quantitative estimate of drug-likeness (QED) is 0.799. The Kier molecular flexibility index (Phi) is 4.28. The molecule has 5 nitrogen and oxygen atoms in total. The van der Waals surface area contributed by atoms with E-state index >= 15 is 0 Å². The van der Waals surface area contributed by atoms with E-state index < -0.39 is 0 Å². The predicted octanol–water partition coefficient (Wildman–Crippen LogP) is 1.42. The number of hydrogen-bond donors (Lipinski definition) is 2. The van der Waals surface area contributed by atoms with E-state index in [2.05, 4.69) is 33.2 Å². The second-order valence-corrected chi connectivity index (χ2v) is 5.11. The minimum Gasteiger partial charge on any atom is -0.493 e. The number of halogens is 1. The summed E-state index contributed by atoms with van der Waals surface area (Å²) in [6, 6.07) is 3.86. The van der Waals surface area contributed by atoms with Gasteiger partial charge in [-0.05, 0) is 40.3 Å². The Bertz CT molecular complexity index is 465. The second kappa shape index (κ2) is 5.75. The molecule has 1 aliphatic rings. The summed E-state index contributed by atoms with van der Waals surface area (Å²) in [7, 11) is 3.21. The van der Waals surface area contributed by atoms with E-state index in [1.807, 2.05) is 12.1 Å². The Morgan fingerprint density at radius 2 is 2.11 bits per heavy atom. The highest BCUT2D eigenvalue weighted by molar-refractivity contribution is 14.1. The van der Waals surface area contributed by atoms with Crippen LogP contribution in [0.1, 0.15) is 18.2 Å². The molecule has 1 atom stereocenters. The van der Waals surface area contributed by atoms with Crippen molar-refractivity contribution in [2.45, 2.75) is 12.6 Å². The smallest absolute Gasteiger partial charge is 0.222 e. The average Bonchev–Trinajstić information content (AvgIpc) is 2.37. The number of hydrogen-bond acceptors (Lipinski definition) is 4. The molecule has 98 valence electrons. The first-order valence-electron chi connectivity index (χ1n) is 5.60. The molecule has 1 saturated heterocycles. The van der Waals surface area contributed by atoms with Crippen LogP contribution in [-0.2, 0) is 4.79 Å². The lowest BCUT2D eigenvalue weighted by Gasteiger charge is -2.26. The molecular weight excluding hydrogens is 347 g/mol. The third-order valence-electron chi connectivity index (χ3n) is 2.80. The molecule has 2 rings (SSSR count). The van der Waals surface area contributed by atoms with Crippen LogP contribution < -0.4 is 20.1 Å². The second-order valence-electron chi connectivity index (χ2n) is 3.94. The molecular formula is C12H15IN2O3. The highest BCUT2D eigenvalue weighted by Crippen LogP contribution is 2.35. The number of nitrogens with one attached hydrogen (secondary N) is 2. The summed E-state index contributed by atoms with van der Waals surface area (Å²) in [5.41, 5.74) is 0.963. The summed E-state index contributed by atoms with van der Waals surface area (Å²) in [5.74, 6) is 1.44. The molecule has 2 N–H and O–H groups in total. The number of amides is 1. The molecule has 1 fully saturated rings. The molecule has 18 heavy (non-hydrogen) atoms. The van der Waals surface area contributed by atoms with Gasteiger partial charge in [0.2, 0.25) is 5.91 Å². The molecule has 1 aromatic carbocycles. The van der Waals surface area contributed by atoms with Crippen molar-refractivity contribution in [1.29, 1.82) is 0 Å². The van der Waals surface area contributed by atoms with Crippen LogP contribution in [0.15, 0.2) is 12.1 Å². The standard InChI is InChI=1S/C12H15IN2O3/c1-17-9-6-7(5-8(13)11(9)18-2)12-14-4-3-10(16)15-12/h5-6,12,14H,3-4H2,1-2H3,(H,15,16)/t12-/m0/s1. The Morgan fingerprint density at radius 1 is 1.33 bits per heavy atom. The summed E-state index contributed by atoms with van der Waals surface area (Å²) in [5, 5.41) is 6.15. The van der Waals surface area contributed by atoms with Gasteiger partial charge >= 0.3 is 0 Å². The molecule has 6 heteroatoms. The zero-order valence-corrected chi connectivity index (χ0v) is 12.4. The van der Waals surface area contributed by atoms with Crippen LogP contribution in [-0.4, -0.2) is 26.7 Å². The van der Waals surface area contributed by atoms with Crippen molar-refractivity contribution in [3.8, 4) is 11.5 Å². The minimum atomic E-state index is -0.167. The first kappa shape index (κ1) is 13.4. The van der Waals surface area contributed by atoms with Crippen LogP contribution in [0.3, 0.4) is 0 Å². The molecule has 0 bridgehead atoms. The van der Waals surface area contributed by atoms with Gasteiger partial charge in [-0.2, -0.15) is 0 Å². The summed E-state index contributed by atoms with van der Waals surface area (Å²) >= 11 is 2.19. The molecule has 1 heterocycles. The zero-order chi connectivity index (χ0) is 13.1. The lowest BCUT2D eigenvalue weighted by Crippen LogP contribution is -2.44. The average molecular weight is 362 g/mol. The first-order valence-corrected chi connectivity index (χ1v) is 6.67. The van der Waals surface area contributed by atoms with E-state index in [1.165, 1.54) is 0 Å². The molecule has 1 aliphatic heterocycles. The number of carbonyl (C=O) groups excluding carboxylic acids is 1. The van der Waals surface area contributed by atoms with Crippen molar-refractivity contribution in [2.24, 2.45) is 0 Å². The fourth-order valence-corrected chi connectivity index (χ4v) is 2.77. The number of carbonyl (C=O) groups is 1. The molecule has 0 radical (unpaired) electrons. The molecule has 0 aromatic heterocycles. The van der Waals surface area contributed by atoms with Gasteiger partial charge in [-0.1, -0.05) is 0 Å². The van der Waals surface area contributed by atoms with E-state index in [4.69, 9.17) is 9.47 Å². The maximum Gasteiger partial charge on any atom is 0.222 e. The Labute approximate surface area is 119 Å². The fourth-order valence-electron chi connectivity index (χ4n) is 1.92. The van der Waals surface area contributed by atoms with E-state index in [9.17, 15) is 4.79 Å². The third kappa shape index (κ3) is 2.69. The Morgan fingerprint density at radius 3 is 2.72 bits per heavy atom. The molecule has 0 saturated carbocycles. The molecule has 0 spiro atoms. The number of ether oxygens (including phenoxy) is 2.